The largest absolute Gasteiger partial charge is 0.250 e. The standard InChI is InChI=1S/C10H14N4/c1-10(2,3)9-11-5-7-6-12-14(4)8(7)13-9/h5-6H,1-4H3. The first-order valence-corrected chi connectivity index (χ1v) is 4.64. The Labute approximate surface area is 83.0 Å². The van der Waals surface area contributed by atoms with Gasteiger partial charge >= 0.3 is 0 Å². The number of aryl methyl sites for hydroxylation is 1. The predicted molar refractivity (Wildman–Crippen MR) is 55.0 cm³/mol. The average Bonchev–Trinajstić information content (AvgIpc) is 2.46. The van der Waals surface area contributed by atoms with Crippen LogP contribution in [0, 0.1) is 0 Å². The van der Waals surface area contributed by atoms with Gasteiger partial charge < -0.3 is 0 Å². The molecule has 0 aliphatic carbocycles. The van der Waals surface area contributed by atoms with Crippen molar-refractivity contribution in [2.75, 3.05) is 0 Å². The minimum Gasteiger partial charge on any atom is -0.250 e. The van der Waals surface area contributed by atoms with Gasteiger partial charge in [0.25, 0.3) is 0 Å². The first-order valence-electron chi connectivity index (χ1n) is 4.64. The van der Waals surface area contributed by atoms with E-state index in [9.17, 15) is 0 Å². The van der Waals surface area contributed by atoms with Gasteiger partial charge in [-0.3, -0.25) is 4.68 Å². The Balaban J connectivity index is 2.66. The molecule has 2 rings (SSSR count). The Morgan fingerprint density at radius 3 is 2.57 bits per heavy atom. The van der Waals surface area contributed by atoms with Crippen molar-refractivity contribution in [1.82, 2.24) is 19.7 Å². The van der Waals surface area contributed by atoms with Crippen LogP contribution < -0.4 is 0 Å². The lowest BCUT2D eigenvalue weighted by Crippen LogP contribution is -2.16. The summed E-state index contributed by atoms with van der Waals surface area (Å²) in [4.78, 5) is 8.82. The molecule has 4 heteroatoms. The first-order chi connectivity index (χ1) is 6.48. The number of fused-ring (bicyclic) bond motifs is 1. The molecule has 0 radical (unpaired) electrons. The molecule has 4 nitrogen and oxygen atoms in total. The zero-order valence-electron chi connectivity index (χ0n) is 8.94. The number of nitrogens with zero attached hydrogens (tertiary/aromatic N) is 4. The van der Waals surface area contributed by atoms with Crippen LogP contribution in [0.2, 0.25) is 0 Å². The van der Waals surface area contributed by atoms with Gasteiger partial charge in [0.15, 0.2) is 5.65 Å². The first kappa shape index (κ1) is 9.12. The maximum atomic E-state index is 4.50. The number of rotatable bonds is 0. The molecule has 0 spiro atoms. The molecule has 2 heterocycles. The Bertz CT molecular complexity index is 464. The van der Waals surface area contributed by atoms with Crippen molar-refractivity contribution in [3.8, 4) is 0 Å². The summed E-state index contributed by atoms with van der Waals surface area (Å²) < 4.78 is 1.77. The van der Waals surface area contributed by atoms with Crippen LogP contribution in [0.4, 0.5) is 0 Å². The van der Waals surface area contributed by atoms with Crippen molar-refractivity contribution in [3.63, 3.8) is 0 Å². The molecule has 0 N–H and O–H groups in total. The van der Waals surface area contributed by atoms with Crippen LogP contribution in [0.15, 0.2) is 12.4 Å². The van der Waals surface area contributed by atoms with Crippen molar-refractivity contribution >= 4 is 11.0 Å². The lowest BCUT2D eigenvalue weighted by atomic mass is 9.96. The molecular weight excluding hydrogens is 176 g/mol. The van der Waals surface area contributed by atoms with Gasteiger partial charge in [0.05, 0.1) is 11.6 Å². The number of hydrogen-bond donors (Lipinski definition) is 0. The molecule has 0 aromatic carbocycles. The second kappa shape index (κ2) is 2.77. The lowest BCUT2D eigenvalue weighted by Gasteiger charge is -2.15. The summed E-state index contributed by atoms with van der Waals surface area (Å²) in [5, 5.41) is 5.12. The topological polar surface area (TPSA) is 43.6 Å². The molecule has 0 saturated carbocycles. The monoisotopic (exact) mass is 190 g/mol. The van der Waals surface area contributed by atoms with E-state index in [1.807, 2.05) is 13.2 Å². The van der Waals surface area contributed by atoms with E-state index in [-0.39, 0.29) is 5.41 Å². The third kappa shape index (κ3) is 1.36. The maximum absolute atomic E-state index is 4.50. The van der Waals surface area contributed by atoms with E-state index in [0.717, 1.165) is 16.9 Å². The summed E-state index contributed by atoms with van der Waals surface area (Å²) in [7, 11) is 1.89. The highest BCUT2D eigenvalue weighted by Crippen LogP contribution is 2.19. The molecule has 0 aliphatic heterocycles. The van der Waals surface area contributed by atoms with E-state index in [4.69, 9.17) is 0 Å². The van der Waals surface area contributed by atoms with Crippen LogP contribution in [-0.2, 0) is 12.5 Å². The van der Waals surface area contributed by atoms with Crippen LogP contribution >= 0.6 is 0 Å². The maximum Gasteiger partial charge on any atom is 0.161 e. The van der Waals surface area contributed by atoms with Crippen LogP contribution in [0.25, 0.3) is 11.0 Å². The Morgan fingerprint density at radius 1 is 1.21 bits per heavy atom. The fourth-order valence-corrected chi connectivity index (χ4v) is 1.30. The summed E-state index contributed by atoms with van der Waals surface area (Å²) in [5.74, 6) is 0.855. The second-order valence-electron chi connectivity index (χ2n) is 4.49. The van der Waals surface area contributed by atoms with Gasteiger partial charge in [-0.1, -0.05) is 20.8 Å². The van der Waals surface area contributed by atoms with Crippen LogP contribution in [-0.4, -0.2) is 19.7 Å². The molecule has 0 unspecified atom stereocenters. The van der Waals surface area contributed by atoms with Crippen LogP contribution in [0.3, 0.4) is 0 Å². The van der Waals surface area contributed by atoms with Crippen molar-refractivity contribution in [1.29, 1.82) is 0 Å². The molecule has 14 heavy (non-hydrogen) atoms. The highest BCUT2D eigenvalue weighted by atomic mass is 15.3. The Morgan fingerprint density at radius 2 is 1.93 bits per heavy atom. The van der Waals surface area contributed by atoms with Crippen LogP contribution in [0.5, 0.6) is 0 Å². The van der Waals surface area contributed by atoms with Crippen molar-refractivity contribution in [2.24, 2.45) is 7.05 Å². The SMILES string of the molecule is Cn1ncc2cnc(C(C)(C)C)nc21. The number of hydrogen-bond acceptors (Lipinski definition) is 3. The smallest absolute Gasteiger partial charge is 0.161 e. The van der Waals surface area contributed by atoms with Crippen molar-refractivity contribution in [2.45, 2.75) is 26.2 Å². The lowest BCUT2D eigenvalue weighted by molar-refractivity contribution is 0.546. The van der Waals surface area contributed by atoms with Gasteiger partial charge in [0.2, 0.25) is 0 Å². The summed E-state index contributed by atoms with van der Waals surface area (Å²) in [5.41, 5.74) is 0.878. The number of aromatic nitrogens is 4. The van der Waals surface area contributed by atoms with E-state index in [0.29, 0.717) is 0 Å². The van der Waals surface area contributed by atoms with Gasteiger partial charge in [0.1, 0.15) is 5.82 Å². The van der Waals surface area contributed by atoms with E-state index in [1.165, 1.54) is 0 Å². The minimum atomic E-state index is -0.0154. The van der Waals surface area contributed by atoms with Gasteiger partial charge in [0, 0.05) is 18.7 Å². The predicted octanol–water partition coefficient (Wildman–Crippen LogP) is 1.66. The third-order valence-corrected chi connectivity index (χ3v) is 2.14. The molecule has 0 saturated heterocycles. The summed E-state index contributed by atoms with van der Waals surface area (Å²) in [6, 6.07) is 0. The van der Waals surface area contributed by atoms with E-state index in [2.05, 4.69) is 35.8 Å². The quantitative estimate of drug-likeness (QED) is 0.634. The normalized spacial score (nSPS) is 12.3. The third-order valence-electron chi connectivity index (χ3n) is 2.14. The summed E-state index contributed by atoms with van der Waals surface area (Å²) >= 11 is 0. The zero-order chi connectivity index (χ0) is 10.3. The Kier molecular flexibility index (Phi) is 1.80. The average molecular weight is 190 g/mol. The van der Waals surface area contributed by atoms with Gasteiger partial charge in [-0.15, -0.1) is 0 Å². The molecular formula is C10H14N4. The van der Waals surface area contributed by atoms with Gasteiger partial charge in [-0.05, 0) is 0 Å². The van der Waals surface area contributed by atoms with Crippen LogP contribution in [0.1, 0.15) is 26.6 Å². The van der Waals surface area contributed by atoms with E-state index < -0.39 is 0 Å². The molecule has 2 aromatic heterocycles. The molecule has 0 bridgehead atoms. The van der Waals surface area contributed by atoms with Crippen molar-refractivity contribution < 1.29 is 0 Å². The van der Waals surface area contributed by atoms with E-state index >= 15 is 0 Å². The second-order valence-corrected chi connectivity index (χ2v) is 4.49. The molecule has 2 aromatic rings. The fourth-order valence-electron chi connectivity index (χ4n) is 1.30. The minimum absolute atomic E-state index is 0.0154. The van der Waals surface area contributed by atoms with Crippen molar-refractivity contribution in [3.05, 3.63) is 18.2 Å². The fraction of sp³-hybridized carbons (Fsp3) is 0.500. The summed E-state index contributed by atoms with van der Waals surface area (Å²) in [6.45, 7) is 6.31. The highest BCUT2D eigenvalue weighted by molar-refractivity contribution is 5.73. The molecule has 0 atom stereocenters. The zero-order valence-corrected chi connectivity index (χ0v) is 8.94. The highest BCUT2D eigenvalue weighted by Gasteiger charge is 2.18. The van der Waals surface area contributed by atoms with Gasteiger partial charge in [-0.25, -0.2) is 9.97 Å². The molecule has 74 valence electrons. The van der Waals surface area contributed by atoms with E-state index in [1.54, 1.807) is 10.9 Å². The Hall–Kier alpha value is -1.45. The van der Waals surface area contributed by atoms with Gasteiger partial charge in [-0.2, -0.15) is 5.10 Å². The summed E-state index contributed by atoms with van der Waals surface area (Å²) in [6.07, 6.45) is 3.61. The molecule has 0 amide bonds. The molecule has 0 aliphatic rings. The molecule has 0 fully saturated rings.